The lowest BCUT2D eigenvalue weighted by atomic mass is 9.96. The number of likely N-dealkylation sites (N-methyl/N-ethyl adjacent to an activating group) is 1. The van der Waals surface area contributed by atoms with Gasteiger partial charge in [0.1, 0.15) is 5.75 Å². The Kier molecular flexibility index (Phi) is 4.53. The molecule has 1 atom stereocenters. The first-order chi connectivity index (χ1) is 10.2. The summed E-state index contributed by atoms with van der Waals surface area (Å²) in [5, 5.41) is 4.18. The molecule has 2 aromatic carbocycles. The minimum absolute atomic E-state index is 0.202. The molecule has 0 saturated carbocycles. The maximum absolute atomic E-state index is 6.08. The number of benzene rings is 2. The predicted octanol–water partition coefficient (Wildman–Crippen LogP) is 4.54. The van der Waals surface area contributed by atoms with E-state index in [4.69, 9.17) is 16.3 Å². The minimum Gasteiger partial charge on any atom is -0.493 e. The lowest BCUT2D eigenvalue weighted by Crippen LogP contribution is -2.19. The Bertz CT molecular complexity index is 659. The molecule has 0 amide bonds. The number of nitrogens with one attached hydrogen (secondary N) is 1. The fraction of sp³-hybridized carbons (Fsp3) is 0.294. The number of hydrogen-bond acceptors (Lipinski definition) is 2. The van der Waals surface area contributed by atoms with Gasteiger partial charge in [0.05, 0.1) is 6.61 Å². The van der Waals surface area contributed by atoms with Gasteiger partial charge in [0.25, 0.3) is 0 Å². The summed E-state index contributed by atoms with van der Waals surface area (Å²) in [4.78, 5) is 0. The zero-order valence-electron chi connectivity index (χ0n) is 11.8. The highest BCUT2D eigenvalue weighted by molar-refractivity contribution is 9.10. The van der Waals surface area contributed by atoms with Crippen LogP contribution in [-0.2, 0) is 12.8 Å². The summed E-state index contributed by atoms with van der Waals surface area (Å²) in [6, 6.07) is 12.5. The molecule has 2 aromatic rings. The van der Waals surface area contributed by atoms with Crippen molar-refractivity contribution in [3.63, 3.8) is 0 Å². The Hall–Kier alpha value is -1.03. The van der Waals surface area contributed by atoms with Crippen molar-refractivity contribution in [2.75, 3.05) is 13.7 Å². The van der Waals surface area contributed by atoms with Crippen LogP contribution in [0.3, 0.4) is 0 Å². The second-order valence-electron chi connectivity index (χ2n) is 5.26. The summed E-state index contributed by atoms with van der Waals surface area (Å²) in [5.41, 5.74) is 3.71. The van der Waals surface area contributed by atoms with Crippen molar-refractivity contribution in [1.29, 1.82) is 0 Å². The van der Waals surface area contributed by atoms with Crippen LogP contribution in [0.2, 0.25) is 5.02 Å². The molecule has 21 heavy (non-hydrogen) atoms. The van der Waals surface area contributed by atoms with Gasteiger partial charge in [0.15, 0.2) is 0 Å². The molecule has 0 saturated heterocycles. The maximum atomic E-state index is 6.08. The summed E-state index contributed by atoms with van der Waals surface area (Å²) in [6.45, 7) is 0.770. The Balaban J connectivity index is 1.94. The average Bonchev–Trinajstić information content (AvgIpc) is 2.92. The fourth-order valence-corrected chi connectivity index (χ4v) is 3.56. The van der Waals surface area contributed by atoms with Gasteiger partial charge >= 0.3 is 0 Å². The zero-order chi connectivity index (χ0) is 14.8. The third-order valence-corrected chi connectivity index (χ3v) is 4.52. The van der Waals surface area contributed by atoms with E-state index in [1.807, 2.05) is 25.2 Å². The lowest BCUT2D eigenvalue weighted by Gasteiger charge is -2.20. The van der Waals surface area contributed by atoms with E-state index in [1.54, 1.807) is 0 Å². The number of ether oxygens (including phenoxy) is 1. The standard InChI is InChI=1S/C17H17BrClNO/c1-20-16(8-11-3-2-4-14(19)7-11)15-10-13(18)9-12-5-6-21-17(12)15/h2-4,7,9-10,16,20H,5-6,8H2,1H3. The topological polar surface area (TPSA) is 21.3 Å². The van der Waals surface area contributed by atoms with Crippen LogP contribution >= 0.6 is 27.5 Å². The highest BCUT2D eigenvalue weighted by Gasteiger charge is 2.22. The van der Waals surface area contributed by atoms with E-state index in [1.165, 1.54) is 16.7 Å². The summed E-state index contributed by atoms with van der Waals surface area (Å²) < 4.78 is 6.95. The third kappa shape index (κ3) is 3.25. The smallest absolute Gasteiger partial charge is 0.127 e. The van der Waals surface area contributed by atoms with E-state index in [-0.39, 0.29) is 6.04 Å². The largest absolute Gasteiger partial charge is 0.493 e. The quantitative estimate of drug-likeness (QED) is 0.857. The summed E-state index contributed by atoms with van der Waals surface area (Å²) in [7, 11) is 1.98. The van der Waals surface area contributed by atoms with Crippen LogP contribution < -0.4 is 10.1 Å². The van der Waals surface area contributed by atoms with Crippen molar-refractivity contribution in [1.82, 2.24) is 5.32 Å². The highest BCUT2D eigenvalue weighted by Crippen LogP contribution is 2.37. The van der Waals surface area contributed by atoms with Crippen LogP contribution in [0.25, 0.3) is 0 Å². The summed E-state index contributed by atoms with van der Waals surface area (Å²) >= 11 is 9.69. The minimum atomic E-state index is 0.202. The first-order valence-corrected chi connectivity index (χ1v) is 8.21. The molecule has 1 heterocycles. The van der Waals surface area contributed by atoms with Gasteiger partial charge < -0.3 is 10.1 Å². The van der Waals surface area contributed by atoms with E-state index in [9.17, 15) is 0 Å². The molecule has 0 fully saturated rings. The molecule has 1 unspecified atom stereocenters. The molecule has 0 spiro atoms. The van der Waals surface area contributed by atoms with Gasteiger partial charge in [0, 0.05) is 27.5 Å². The van der Waals surface area contributed by atoms with E-state index in [0.717, 1.165) is 34.7 Å². The lowest BCUT2D eigenvalue weighted by molar-refractivity contribution is 0.349. The molecular weight excluding hydrogens is 350 g/mol. The van der Waals surface area contributed by atoms with Crippen LogP contribution in [0.1, 0.15) is 22.7 Å². The molecule has 1 aliphatic rings. The van der Waals surface area contributed by atoms with Crippen molar-refractivity contribution in [2.24, 2.45) is 0 Å². The Morgan fingerprint density at radius 3 is 2.95 bits per heavy atom. The molecule has 1 N–H and O–H groups in total. The van der Waals surface area contributed by atoms with Gasteiger partial charge in [0.2, 0.25) is 0 Å². The summed E-state index contributed by atoms with van der Waals surface area (Å²) in [5.74, 6) is 1.04. The molecule has 1 aliphatic heterocycles. The highest BCUT2D eigenvalue weighted by atomic mass is 79.9. The SMILES string of the molecule is CNC(Cc1cccc(Cl)c1)c1cc(Br)cc2c1OCC2. The van der Waals surface area contributed by atoms with Crippen molar-refractivity contribution in [3.8, 4) is 5.75 Å². The third-order valence-electron chi connectivity index (χ3n) is 3.83. The Morgan fingerprint density at radius 2 is 2.19 bits per heavy atom. The van der Waals surface area contributed by atoms with Crippen LogP contribution in [0.5, 0.6) is 5.75 Å². The molecular formula is C17H17BrClNO. The van der Waals surface area contributed by atoms with Crippen LogP contribution in [0.4, 0.5) is 0 Å². The second kappa shape index (κ2) is 6.39. The van der Waals surface area contributed by atoms with Gasteiger partial charge in [-0.2, -0.15) is 0 Å². The van der Waals surface area contributed by atoms with Gasteiger partial charge in [-0.15, -0.1) is 0 Å². The molecule has 0 bridgehead atoms. The molecule has 0 aromatic heterocycles. The van der Waals surface area contributed by atoms with E-state index >= 15 is 0 Å². The zero-order valence-corrected chi connectivity index (χ0v) is 14.2. The van der Waals surface area contributed by atoms with Gasteiger partial charge in [-0.25, -0.2) is 0 Å². The van der Waals surface area contributed by atoms with Gasteiger partial charge in [-0.3, -0.25) is 0 Å². The monoisotopic (exact) mass is 365 g/mol. The molecule has 0 radical (unpaired) electrons. The number of hydrogen-bond donors (Lipinski definition) is 1. The van der Waals surface area contributed by atoms with Gasteiger partial charge in [-0.1, -0.05) is 39.7 Å². The van der Waals surface area contributed by atoms with Crippen molar-refractivity contribution < 1.29 is 4.74 Å². The fourth-order valence-electron chi connectivity index (χ4n) is 2.82. The Labute approximate surface area is 138 Å². The Morgan fingerprint density at radius 1 is 1.33 bits per heavy atom. The van der Waals surface area contributed by atoms with Crippen LogP contribution in [0, 0.1) is 0 Å². The first-order valence-electron chi connectivity index (χ1n) is 7.04. The van der Waals surface area contributed by atoms with Gasteiger partial charge in [-0.05, 0) is 48.9 Å². The number of fused-ring (bicyclic) bond motifs is 1. The number of rotatable bonds is 4. The van der Waals surface area contributed by atoms with E-state index in [2.05, 4.69) is 39.4 Å². The van der Waals surface area contributed by atoms with Crippen molar-refractivity contribution in [3.05, 3.63) is 62.6 Å². The number of halogens is 2. The van der Waals surface area contributed by atoms with Crippen LogP contribution in [0.15, 0.2) is 40.9 Å². The van der Waals surface area contributed by atoms with Crippen molar-refractivity contribution in [2.45, 2.75) is 18.9 Å². The molecule has 4 heteroatoms. The normalized spacial score (nSPS) is 14.6. The average molecular weight is 367 g/mol. The second-order valence-corrected chi connectivity index (χ2v) is 6.61. The molecule has 2 nitrogen and oxygen atoms in total. The van der Waals surface area contributed by atoms with E-state index in [0.29, 0.717) is 0 Å². The molecule has 3 rings (SSSR count). The first kappa shape index (κ1) is 14.9. The summed E-state index contributed by atoms with van der Waals surface area (Å²) in [6.07, 6.45) is 1.86. The molecule has 0 aliphatic carbocycles. The van der Waals surface area contributed by atoms with Crippen molar-refractivity contribution >= 4 is 27.5 Å². The molecule has 110 valence electrons. The predicted molar refractivity (Wildman–Crippen MR) is 90.3 cm³/mol. The maximum Gasteiger partial charge on any atom is 0.127 e. The van der Waals surface area contributed by atoms with E-state index < -0.39 is 0 Å². The van der Waals surface area contributed by atoms with Crippen LogP contribution in [-0.4, -0.2) is 13.7 Å².